The van der Waals surface area contributed by atoms with Crippen molar-refractivity contribution in [3.63, 3.8) is 0 Å². The van der Waals surface area contributed by atoms with Gasteiger partial charge < -0.3 is 4.98 Å². The standard InChI is InChI=1S/C14H11ClN4O2S/c1-18-11-9(13(20)19(2)14(18)21)12(22)17-10(16-11)7-3-5-8(15)6-4-7/h3-6H,1-2H3,(H,16,17,22). The first-order chi connectivity index (χ1) is 10.4. The van der Waals surface area contributed by atoms with Crippen molar-refractivity contribution in [3.05, 3.63) is 54.8 Å². The Kier molecular flexibility index (Phi) is 3.46. The number of aromatic amines is 1. The van der Waals surface area contributed by atoms with Gasteiger partial charge >= 0.3 is 5.69 Å². The molecule has 0 aliphatic carbocycles. The summed E-state index contributed by atoms with van der Waals surface area (Å²) in [7, 11) is 2.98. The number of aryl methyl sites for hydroxylation is 1. The van der Waals surface area contributed by atoms with E-state index in [1.165, 1.54) is 11.6 Å². The Bertz CT molecular complexity index is 1060. The van der Waals surface area contributed by atoms with E-state index in [0.717, 1.165) is 10.1 Å². The Morgan fingerprint density at radius 1 is 1.14 bits per heavy atom. The van der Waals surface area contributed by atoms with Crippen molar-refractivity contribution in [1.82, 2.24) is 19.1 Å². The fraction of sp³-hybridized carbons (Fsp3) is 0.143. The molecular formula is C14H11ClN4O2S. The highest BCUT2D eigenvalue weighted by molar-refractivity contribution is 7.71. The van der Waals surface area contributed by atoms with Gasteiger partial charge in [-0.1, -0.05) is 23.8 Å². The van der Waals surface area contributed by atoms with Crippen molar-refractivity contribution in [3.8, 4) is 11.4 Å². The number of aromatic nitrogens is 4. The van der Waals surface area contributed by atoms with Crippen LogP contribution in [0.15, 0.2) is 33.9 Å². The van der Waals surface area contributed by atoms with Crippen LogP contribution in [-0.2, 0) is 14.1 Å². The van der Waals surface area contributed by atoms with Gasteiger partial charge in [-0.3, -0.25) is 13.9 Å². The average molecular weight is 335 g/mol. The maximum Gasteiger partial charge on any atom is 0.332 e. The van der Waals surface area contributed by atoms with Gasteiger partial charge in [0.15, 0.2) is 0 Å². The van der Waals surface area contributed by atoms with Crippen molar-refractivity contribution in [2.75, 3.05) is 0 Å². The molecule has 1 N–H and O–H groups in total. The van der Waals surface area contributed by atoms with Gasteiger partial charge in [0.05, 0.1) is 0 Å². The molecule has 2 aromatic heterocycles. The van der Waals surface area contributed by atoms with Crippen LogP contribution in [-0.4, -0.2) is 19.1 Å². The van der Waals surface area contributed by atoms with Gasteiger partial charge in [0, 0.05) is 24.7 Å². The maximum absolute atomic E-state index is 12.2. The molecule has 3 rings (SSSR count). The van der Waals surface area contributed by atoms with E-state index in [-0.39, 0.29) is 10.0 Å². The Hall–Kier alpha value is -2.25. The molecule has 0 unspecified atom stereocenters. The molecule has 0 atom stereocenters. The van der Waals surface area contributed by atoms with Gasteiger partial charge in [-0.2, -0.15) is 0 Å². The molecule has 22 heavy (non-hydrogen) atoms. The molecule has 2 heterocycles. The summed E-state index contributed by atoms with van der Waals surface area (Å²) in [6, 6.07) is 7.01. The minimum Gasteiger partial charge on any atom is -0.325 e. The lowest BCUT2D eigenvalue weighted by Crippen LogP contribution is -2.37. The van der Waals surface area contributed by atoms with Gasteiger partial charge in [0.2, 0.25) is 0 Å². The molecule has 0 amide bonds. The third-order valence-corrected chi connectivity index (χ3v) is 3.99. The van der Waals surface area contributed by atoms with Crippen molar-refractivity contribution in [2.45, 2.75) is 0 Å². The minimum absolute atomic E-state index is 0.148. The molecule has 0 saturated heterocycles. The molecule has 6 nitrogen and oxygen atoms in total. The number of fused-ring (bicyclic) bond motifs is 1. The Labute approximate surface area is 134 Å². The summed E-state index contributed by atoms with van der Waals surface area (Å²) in [6.07, 6.45) is 0. The minimum atomic E-state index is -0.463. The van der Waals surface area contributed by atoms with E-state index in [1.54, 1.807) is 31.3 Å². The zero-order valence-electron chi connectivity index (χ0n) is 11.8. The van der Waals surface area contributed by atoms with Crippen molar-refractivity contribution in [1.29, 1.82) is 0 Å². The van der Waals surface area contributed by atoms with E-state index in [0.29, 0.717) is 16.5 Å². The zero-order chi connectivity index (χ0) is 16.0. The normalized spacial score (nSPS) is 11.0. The van der Waals surface area contributed by atoms with Gasteiger partial charge in [0.1, 0.15) is 21.5 Å². The van der Waals surface area contributed by atoms with Gasteiger partial charge in [-0.15, -0.1) is 0 Å². The molecule has 0 aliphatic heterocycles. The predicted octanol–water partition coefficient (Wildman–Crippen LogP) is 2.01. The summed E-state index contributed by atoms with van der Waals surface area (Å²) in [5.41, 5.74) is 0.203. The van der Waals surface area contributed by atoms with Crippen LogP contribution in [0.2, 0.25) is 5.02 Å². The van der Waals surface area contributed by atoms with E-state index in [9.17, 15) is 9.59 Å². The molecule has 8 heteroatoms. The number of nitrogens with one attached hydrogen (secondary N) is 1. The van der Waals surface area contributed by atoms with Crippen LogP contribution in [0.4, 0.5) is 0 Å². The highest BCUT2D eigenvalue weighted by Crippen LogP contribution is 2.19. The average Bonchev–Trinajstić information content (AvgIpc) is 2.50. The first-order valence-electron chi connectivity index (χ1n) is 6.36. The number of benzene rings is 1. The van der Waals surface area contributed by atoms with E-state index >= 15 is 0 Å². The SMILES string of the molecule is Cn1c(=O)c2c(=S)nc(-c3ccc(Cl)cc3)[nH]c2n(C)c1=O. The van der Waals surface area contributed by atoms with Crippen molar-refractivity contribution >= 4 is 34.9 Å². The number of hydrogen-bond acceptors (Lipinski definition) is 4. The molecule has 0 fully saturated rings. The fourth-order valence-electron chi connectivity index (χ4n) is 2.23. The molecule has 0 bridgehead atoms. The van der Waals surface area contributed by atoms with Gasteiger partial charge in [-0.05, 0) is 24.3 Å². The van der Waals surface area contributed by atoms with Crippen molar-refractivity contribution in [2.24, 2.45) is 14.1 Å². The van der Waals surface area contributed by atoms with Gasteiger partial charge in [-0.25, -0.2) is 9.78 Å². The lowest BCUT2D eigenvalue weighted by molar-refractivity contribution is 0.706. The summed E-state index contributed by atoms with van der Waals surface area (Å²) in [5, 5.41) is 0.821. The monoisotopic (exact) mass is 334 g/mol. The van der Waals surface area contributed by atoms with Crippen LogP contribution in [0.25, 0.3) is 22.4 Å². The number of rotatable bonds is 1. The van der Waals surface area contributed by atoms with E-state index < -0.39 is 11.2 Å². The quantitative estimate of drug-likeness (QED) is 0.691. The molecule has 0 spiro atoms. The van der Waals surface area contributed by atoms with Crippen LogP contribution in [0.3, 0.4) is 0 Å². The van der Waals surface area contributed by atoms with Crippen LogP contribution in [0.1, 0.15) is 0 Å². The van der Waals surface area contributed by atoms with E-state index in [2.05, 4.69) is 9.97 Å². The molecule has 0 aliphatic rings. The highest BCUT2D eigenvalue weighted by Gasteiger charge is 2.13. The van der Waals surface area contributed by atoms with E-state index in [1.807, 2.05) is 0 Å². The van der Waals surface area contributed by atoms with Crippen LogP contribution in [0, 0.1) is 4.64 Å². The molecule has 0 radical (unpaired) electrons. The molecular weight excluding hydrogens is 324 g/mol. The fourth-order valence-corrected chi connectivity index (χ4v) is 2.63. The lowest BCUT2D eigenvalue weighted by atomic mass is 10.2. The second kappa shape index (κ2) is 5.19. The molecule has 0 saturated carbocycles. The van der Waals surface area contributed by atoms with Crippen LogP contribution >= 0.6 is 23.8 Å². The number of nitrogens with zero attached hydrogens (tertiary/aromatic N) is 3. The summed E-state index contributed by atoms with van der Waals surface area (Å²) in [4.78, 5) is 31.5. The summed E-state index contributed by atoms with van der Waals surface area (Å²) >= 11 is 11.1. The van der Waals surface area contributed by atoms with Gasteiger partial charge in [0.25, 0.3) is 5.56 Å². The highest BCUT2D eigenvalue weighted by atomic mass is 35.5. The topological polar surface area (TPSA) is 72.7 Å². The number of H-pyrrole nitrogens is 1. The Balaban J connectivity index is 2.43. The third-order valence-electron chi connectivity index (χ3n) is 3.45. The Morgan fingerprint density at radius 3 is 2.41 bits per heavy atom. The van der Waals surface area contributed by atoms with Crippen molar-refractivity contribution < 1.29 is 0 Å². The summed E-state index contributed by atoms with van der Waals surface area (Å²) in [6.45, 7) is 0. The molecule has 3 aromatic rings. The number of hydrogen-bond donors (Lipinski definition) is 1. The largest absolute Gasteiger partial charge is 0.332 e. The zero-order valence-corrected chi connectivity index (χ0v) is 13.3. The summed E-state index contributed by atoms with van der Waals surface area (Å²) in [5.74, 6) is 0.470. The molecule has 112 valence electrons. The first-order valence-corrected chi connectivity index (χ1v) is 7.15. The third kappa shape index (κ3) is 2.18. The second-order valence-corrected chi connectivity index (χ2v) is 5.65. The lowest BCUT2D eigenvalue weighted by Gasteiger charge is -2.09. The Morgan fingerprint density at radius 2 is 1.77 bits per heavy atom. The second-order valence-electron chi connectivity index (χ2n) is 4.83. The smallest absolute Gasteiger partial charge is 0.325 e. The van der Waals surface area contributed by atoms with E-state index in [4.69, 9.17) is 23.8 Å². The first kappa shape index (κ1) is 14.7. The predicted molar refractivity (Wildman–Crippen MR) is 87.9 cm³/mol. The van der Waals surface area contributed by atoms with Crippen LogP contribution < -0.4 is 11.2 Å². The number of halogens is 1. The summed E-state index contributed by atoms with van der Waals surface area (Å²) < 4.78 is 2.50. The van der Waals surface area contributed by atoms with Crippen LogP contribution in [0.5, 0.6) is 0 Å². The molecule has 1 aromatic carbocycles. The maximum atomic E-state index is 12.2.